The molecule has 0 saturated carbocycles. The molecule has 0 aliphatic rings. The summed E-state index contributed by atoms with van der Waals surface area (Å²) in [7, 11) is 1.50. The van der Waals surface area contributed by atoms with Gasteiger partial charge in [-0.1, -0.05) is 47.5 Å². The average molecular weight is 269 g/mol. The van der Waals surface area contributed by atoms with E-state index in [1.54, 1.807) is 36.4 Å². The first-order valence-corrected chi connectivity index (χ1v) is 5.71. The van der Waals surface area contributed by atoms with E-state index >= 15 is 0 Å². The number of benzene rings is 2. The molecule has 1 N–H and O–H groups in total. The topological polar surface area (TPSA) is 29.5 Å². The van der Waals surface area contributed by atoms with Crippen LogP contribution in [0.3, 0.4) is 0 Å². The molecular formula is C13H10Cl2O2. The van der Waals surface area contributed by atoms with Crippen molar-refractivity contribution in [3.63, 3.8) is 0 Å². The van der Waals surface area contributed by atoms with Crippen LogP contribution >= 0.6 is 23.2 Å². The number of hydrogen-bond acceptors (Lipinski definition) is 2. The maximum atomic E-state index is 10.0. The van der Waals surface area contributed by atoms with Gasteiger partial charge in [0.05, 0.1) is 17.2 Å². The lowest BCUT2D eigenvalue weighted by Gasteiger charge is -2.10. The molecule has 0 amide bonds. The van der Waals surface area contributed by atoms with Crippen LogP contribution in [0.2, 0.25) is 10.0 Å². The van der Waals surface area contributed by atoms with Gasteiger partial charge in [0.1, 0.15) is 0 Å². The molecule has 2 nitrogen and oxygen atoms in total. The monoisotopic (exact) mass is 268 g/mol. The predicted molar refractivity (Wildman–Crippen MR) is 70.1 cm³/mol. The number of methoxy groups -OCH3 is 1. The van der Waals surface area contributed by atoms with E-state index < -0.39 is 0 Å². The second kappa shape index (κ2) is 4.86. The summed E-state index contributed by atoms with van der Waals surface area (Å²) in [4.78, 5) is 0. The zero-order valence-corrected chi connectivity index (χ0v) is 10.6. The van der Waals surface area contributed by atoms with Crippen LogP contribution in [0.5, 0.6) is 11.5 Å². The van der Waals surface area contributed by atoms with E-state index in [0.717, 1.165) is 0 Å². The maximum Gasteiger partial charge on any atom is 0.165 e. The van der Waals surface area contributed by atoms with E-state index in [-0.39, 0.29) is 5.75 Å². The number of ether oxygens (including phenoxy) is 1. The molecule has 2 aromatic carbocycles. The number of para-hydroxylation sites is 1. The van der Waals surface area contributed by atoms with Gasteiger partial charge >= 0.3 is 0 Å². The zero-order valence-electron chi connectivity index (χ0n) is 9.08. The van der Waals surface area contributed by atoms with Crippen molar-refractivity contribution >= 4 is 23.2 Å². The van der Waals surface area contributed by atoms with Crippen molar-refractivity contribution in [1.29, 1.82) is 0 Å². The van der Waals surface area contributed by atoms with Crippen molar-refractivity contribution in [1.82, 2.24) is 0 Å². The van der Waals surface area contributed by atoms with Gasteiger partial charge in [0.25, 0.3) is 0 Å². The average Bonchev–Trinajstić information content (AvgIpc) is 2.33. The summed E-state index contributed by atoms with van der Waals surface area (Å²) in [5.74, 6) is 0.456. The molecule has 17 heavy (non-hydrogen) atoms. The first-order valence-electron chi connectivity index (χ1n) is 4.95. The lowest BCUT2D eigenvalue weighted by molar-refractivity contribution is 0.374. The molecule has 88 valence electrons. The number of rotatable bonds is 2. The molecular weight excluding hydrogens is 259 g/mol. The highest BCUT2D eigenvalue weighted by Crippen LogP contribution is 2.41. The van der Waals surface area contributed by atoms with Crippen LogP contribution in [0.4, 0.5) is 0 Å². The summed E-state index contributed by atoms with van der Waals surface area (Å²) in [6.07, 6.45) is 0. The van der Waals surface area contributed by atoms with E-state index in [9.17, 15) is 5.11 Å². The fraction of sp³-hybridized carbons (Fsp3) is 0.0769. The molecule has 0 unspecified atom stereocenters. The number of hydrogen-bond donors (Lipinski definition) is 1. The standard InChI is InChI=1S/C13H10Cl2O2/c1-17-11-7-3-5-9(13(11)16)8-4-2-6-10(14)12(8)15/h2-7,16H,1H3. The zero-order chi connectivity index (χ0) is 12.4. The highest BCUT2D eigenvalue weighted by molar-refractivity contribution is 6.43. The van der Waals surface area contributed by atoms with E-state index in [0.29, 0.717) is 26.9 Å². The molecule has 0 fully saturated rings. The van der Waals surface area contributed by atoms with Crippen LogP contribution in [0.1, 0.15) is 0 Å². The summed E-state index contributed by atoms with van der Waals surface area (Å²) >= 11 is 12.1. The van der Waals surface area contributed by atoms with Crippen LogP contribution in [0, 0.1) is 0 Å². The van der Waals surface area contributed by atoms with Crippen LogP contribution in [-0.2, 0) is 0 Å². The Morgan fingerprint density at radius 2 is 1.65 bits per heavy atom. The highest BCUT2D eigenvalue weighted by Gasteiger charge is 2.13. The van der Waals surface area contributed by atoms with E-state index in [4.69, 9.17) is 27.9 Å². The minimum absolute atomic E-state index is 0.0548. The van der Waals surface area contributed by atoms with Gasteiger partial charge in [0.15, 0.2) is 11.5 Å². The quantitative estimate of drug-likeness (QED) is 0.876. The largest absolute Gasteiger partial charge is 0.504 e. The molecule has 2 aromatic rings. The van der Waals surface area contributed by atoms with Gasteiger partial charge in [-0.05, 0) is 12.1 Å². The molecule has 4 heteroatoms. The second-order valence-electron chi connectivity index (χ2n) is 3.46. The Labute approximate surface area is 109 Å². The van der Waals surface area contributed by atoms with Gasteiger partial charge in [-0.2, -0.15) is 0 Å². The molecule has 0 spiro atoms. The van der Waals surface area contributed by atoms with Crippen molar-refractivity contribution in [3.8, 4) is 22.6 Å². The van der Waals surface area contributed by atoms with Crippen molar-refractivity contribution in [2.45, 2.75) is 0 Å². The first kappa shape index (κ1) is 12.1. The molecule has 2 rings (SSSR count). The van der Waals surface area contributed by atoms with Crippen LogP contribution in [0.25, 0.3) is 11.1 Å². The van der Waals surface area contributed by atoms with Crippen LogP contribution in [0.15, 0.2) is 36.4 Å². The van der Waals surface area contributed by atoms with Gasteiger partial charge in [0, 0.05) is 11.1 Å². The fourth-order valence-electron chi connectivity index (χ4n) is 1.62. The number of phenols is 1. The Kier molecular flexibility index (Phi) is 3.46. The Balaban J connectivity index is 2.65. The van der Waals surface area contributed by atoms with E-state index in [1.165, 1.54) is 7.11 Å². The summed E-state index contributed by atoms with van der Waals surface area (Å²) in [5, 5.41) is 10.9. The molecule has 0 aromatic heterocycles. The van der Waals surface area contributed by atoms with Gasteiger partial charge in [-0.3, -0.25) is 0 Å². The lowest BCUT2D eigenvalue weighted by atomic mass is 10.0. The number of aromatic hydroxyl groups is 1. The third-order valence-electron chi connectivity index (χ3n) is 2.46. The lowest BCUT2D eigenvalue weighted by Crippen LogP contribution is -1.87. The minimum Gasteiger partial charge on any atom is -0.504 e. The number of phenolic OH excluding ortho intramolecular Hbond substituents is 1. The van der Waals surface area contributed by atoms with Crippen LogP contribution < -0.4 is 4.74 Å². The van der Waals surface area contributed by atoms with Gasteiger partial charge in [-0.25, -0.2) is 0 Å². The molecule has 0 bridgehead atoms. The summed E-state index contributed by atoms with van der Waals surface area (Å²) < 4.78 is 5.05. The van der Waals surface area contributed by atoms with Crippen molar-refractivity contribution in [2.24, 2.45) is 0 Å². The smallest absolute Gasteiger partial charge is 0.165 e. The fourth-order valence-corrected chi connectivity index (χ4v) is 2.02. The minimum atomic E-state index is 0.0548. The Hall–Kier alpha value is -1.38. The van der Waals surface area contributed by atoms with Gasteiger partial charge < -0.3 is 9.84 Å². The molecule has 0 saturated heterocycles. The third-order valence-corrected chi connectivity index (χ3v) is 3.28. The highest BCUT2D eigenvalue weighted by atomic mass is 35.5. The van der Waals surface area contributed by atoms with Crippen molar-refractivity contribution in [2.75, 3.05) is 7.11 Å². The second-order valence-corrected chi connectivity index (χ2v) is 4.24. The number of halogens is 2. The van der Waals surface area contributed by atoms with Gasteiger partial charge in [-0.15, -0.1) is 0 Å². The normalized spacial score (nSPS) is 10.3. The molecule has 0 aliphatic heterocycles. The summed E-state index contributed by atoms with van der Waals surface area (Å²) in [5.41, 5.74) is 1.27. The maximum absolute atomic E-state index is 10.0. The van der Waals surface area contributed by atoms with Crippen molar-refractivity contribution in [3.05, 3.63) is 46.4 Å². The Morgan fingerprint density at radius 1 is 1.00 bits per heavy atom. The summed E-state index contributed by atoms with van der Waals surface area (Å²) in [6.45, 7) is 0. The van der Waals surface area contributed by atoms with Crippen molar-refractivity contribution < 1.29 is 9.84 Å². The molecule has 0 aliphatic carbocycles. The van der Waals surface area contributed by atoms with E-state index in [1.807, 2.05) is 0 Å². The first-order chi connectivity index (χ1) is 8.15. The SMILES string of the molecule is COc1cccc(-c2cccc(Cl)c2Cl)c1O. The molecule has 0 atom stereocenters. The summed E-state index contributed by atoms with van der Waals surface area (Å²) in [6, 6.07) is 10.5. The Morgan fingerprint density at radius 3 is 2.35 bits per heavy atom. The van der Waals surface area contributed by atoms with Crippen LogP contribution in [-0.4, -0.2) is 12.2 Å². The van der Waals surface area contributed by atoms with Gasteiger partial charge in [0.2, 0.25) is 0 Å². The molecule has 0 radical (unpaired) electrons. The Bertz CT molecular complexity index is 553. The van der Waals surface area contributed by atoms with E-state index in [2.05, 4.69) is 0 Å². The third kappa shape index (κ3) is 2.19. The predicted octanol–water partition coefficient (Wildman–Crippen LogP) is 4.37. The molecule has 0 heterocycles.